The van der Waals surface area contributed by atoms with Crippen LogP contribution in [-0.4, -0.2) is 29.8 Å². The number of nitrogens with zero attached hydrogens (tertiary/aromatic N) is 4. The first-order valence-corrected chi connectivity index (χ1v) is 7.99. The molecule has 1 aliphatic rings. The highest BCUT2D eigenvalue weighted by Crippen LogP contribution is 2.40. The van der Waals surface area contributed by atoms with Crippen molar-refractivity contribution in [2.24, 2.45) is 17.0 Å². The Hall–Kier alpha value is -1.03. The molecule has 0 aliphatic carbocycles. The van der Waals surface area contributed by atoms with Gasteiger partial charge in [-0.15, -0.1) is 6.58 Å². The third kappa shape index (κ3) is 5.34. The van der Waals surface area contributed by atoms with Crippen LogP contribution in [0.25, 0.3) is 10.4 Å². The lowest BCUT2D eigenvalue weighted by Crippen LogP contribution is -2.44. The number of rotatable bonds is 9. The van der Waals surface area contributed by atoms with Crippen molar-refractivity contribution in [2.75, 3.05) is 13.1 Å². The van der Waals surface area contributed by atoms with Gasteiger partial charge in [-0.2, -0.15) is 5.06 Å². The van der Waals surface area contributed by atoms with Crippen molar-refractivity contribution < 1.29 is 4.84 Å². The highest BCUT2D eigenvalue weighted by molar-refractivity contribution is 4.99. The first-order valence-electron chi connectivity index (χ1n) is 7.99. The maximum atomic E-state index is 8.52. The predicted octanol–water partition coefficient (Wildman–Crippen LogP) is 4.71. The van der Waals surface area contributed by atoms with Gasteiger partial charge in [-0.1, -0.05) is 38.9 Å². The summed E-state index contributed by atoms with van der Waals surface area (Å²) in [6.45, 7) is 14.2. The van der Waals surface area contributed by atoms with Gasteiger partial charge in [0.2, 0.25) is 0 Å². The van der Waals surface area contributed by atoms with E-state index in [-0.39, 0.29) is 11.6 Å². The molecule has 0 bridgehead atoms. The van der Waals surface area contributed by atoms with Gasteiger partial charge in [0.05, 0.1) is 18.2 Å². The molecule has 0 radical (unpaired) electrons. The van der Waals surface area contributed by atoms with Crippen molar-refractivity contribution in [3.8, 4) is 0 Å². The van der Waals surface area contributed by atoms with Crippen LogP contribution in [0.15, 0.2) is 17.8 Å². The quantitative estimate of drug-likeness (QED) is 0.267. The van der Waals surface area contributed by atoms with Crippen LogP contribution in [0.3, 0.4) is 0 Å². The van der Waals surface area contributed by atoms with Crippen molar-refractivity contribution in [2.45, 2.75) is 65.0 Å². The average Bonchev–Trinajstić information content (AvgIpc) is 2.71. The number of azide groups is 1. The fraction of sp³-hybridized carbons (Fsp3) is 0.875. The molecule has 0 aromatic heterocycles. The Morgan fingerprint density at radius 2 is 2.14 bits per heavy atom. The highest BCUT2D eigenvalue weighted by atomic mass is 16.7. The van der Waals surface area contributed by atoms with Gasteiger partial charge in [-0.25, -0.2) is 0 Å². The van der Waals surface area contributed by atoms with Crippen molar-refractivity contribution in [3.63, 3.8) is 0 Å². The Labute approximate surface area is 128 Å². The third-order valence-electron chi connectivity index (χ3n) is 3.98. The maximum Gasteiger partial charge on any atom is 0.0868 e. The normalized spacial score (nSPS) is 26.3. The molecule has 0 saturated carbocycles. The minimum Gasteiger partial charge on any atom is -0.295 e. The van der Waals surface area contributed by atoms with Gasteiger partial charge in [0.25, 0.3) is 0 Å². The van der Waals surface area contributed by atoms with Crippen LogP contribution in [0.2, 0.25) is 0 Å². The summed E-state index contributed by atoms with van der Waals surface area (Å²) < 4.78 is 0. The van der Waals surface area contributed by atoms with Crippen LogP contribution in [0, 0.1) is 11.8 Å². The second-order valence-electron chi connectivity index (χ2n) is 6.94. The Morgan fingerprint density at radius 1 is 1.43 bits per heavy atom. The zero-order valence-electron chi connectivity index (χ0n) is 14.0. The molecule has 0 amide bonds. The Balaban J connectivity index is 2.88. The molecule has 21 heavy (non-hydrogen) atoms. The van der Waals surface area contributed by atoms with Crippen LogP contribution in [0.5, 0.6) is 0 Å². The summed E-state index contributed by atoms with van der Waals surface area (Å²) in [5.41, 5.74) is 8.52. The third-order valence-corrected chi connectivity index (χ3v) is 3.98. The van der Waals surface area contributed by atoms with E-state index >= 15 is 0 Å². The number of hydrogen-bond acceptors (Lipinski definition) is 3. The minimum absolute atomic E-state index is 0.000445. The Kier molecular flexibility index (Phi) is 7.23. The standard InChI is InChI=1S/C16H30N4O/c1-6-8-16(10-14(4)5)11-15(12-18-19-17)21-20(16)9-7-13(2)3/h6,13-15H,1,7-12H2,2-5H3. The Bertz CT molecular complexity index is 376. The van der Waals surface area contributed by atoms with Gasteiger partial charge in [0, 0.05) is 11.5 Å². The zero-order valence-corrected chi connectivity index (χ0v) is 14.0. The lowest BCUT2D eigenvalue weighted by Gasteiger charge is -2.37. The predicted molar refractivity (Wildman–Crippen MR) is 86.7 cm³/mol. The summed E-state index contributed by atoms with van der Waals surface area (Å²) in [4.78, 5) is 8.96. The van der Waals surface area contributed by atoms with Crippen LogP contribution >= 0.6 is 0 Å². The van der Waals surface area contributed by atoms with Gasteiger partial charge in [-0.05, 0) is 43.1 Å². The lowest BCUT2D eigenvalue weighted by atomic mass is 9.81. The van der Waals surface area contributed by atoms with Crippen molar-refractivity contribution in [3.05, 3.63) is 23.1 Å². The molecular formula is C16H30N4O. The molecule has 0 spiro atoms. The molecule has 0 aromatic rings. The van der Waals surface area contributed by atoms with E-state index in [9.17, 15) is 0 Å². The second kappa shape index (κ2) is 8.42. The second-order valence-corrected chi connectivity index (χ2v) is 6.94. The molecule has 5 heteroatoms. The fourth-order valence-electron chi connectivity index (χ4n) is 3.23. The summed E-state index contributed by atoms with van der Waals surface area (Å²) in [6, 6.07) is 0. The first-order chi connectivity index (χ1) is 9.93. The van der Waals surface area contributed by atoms with Crippen molar-refractivity contribution >= 4 is 0 Å². The molecule has 1 heterocycles. The van der Waals surface area contributed by atoms with Crippen molar-refractivity contribution in [1.29, 1.82) is 0 Å². The molecule has 2 unspecified atom stereocenters. The van der Waals surface area contributed by atoms with Gasteiger partial charge in [0.1, 0.15) is 0 Å². The van der Waals surface area contributed by atoms with Crippen LogP contribution in [-0.2, 0) is 4.84 Å². The van der Waals surface area contributed by atoms with Gasteiger partial charge in [-0.3, -0.25) is 4.84 Å². The highest BCUT2D eigenvalue weighted by Gasteiger charge is 2.45. The first kappa shape index (κ1) is 18.0. The number of hydroxylamine groups is 2. The molecule has 1 fully saturated rings. The number of hydrogen-bond donors (Lipinski definition) is 0. The van der Waals surface area contributed by atoms with Crippen LogP contribution in [0.1, 0.15) is 53.4 Å². The van der Waals surface area contributed by atoms with E-state index in [1.165, 1.54) is 0 Å². The molecule has 120 valence electrons. The Morgan fingerprint density at radius 3 is 2.67 bits per heavy atom. The smallest absolute Gasteiger partial charge is 0.0868 e. The van der Waals surface area contributed by atoms with Crippen LogP contribution in [0.4, 0.5) is 0 Å². The van der Waals surface area contributed by atoms with Crippen LogP contribution < -0.4 is 0 Å². The maximum absolute atomic E-state index is 8.52. The van der Waals surface area contributed by atoms with E-state index in [1.807, 2.05) is 6.08 Å². The summed E-state index contributed by atoms with van der Waals surface area (Å²) in [6.07, 6.45) is 5.98. The molecule has 2 atom stereocenters. The molecule has 1 rings (SSSR count). The molecule has 1 aliphatic heterocycles. The summed E-state index contributed by atoms with van der Waals surface area (Å²) in [5, 5.41) is 5.85. The average molecular weight is 294 g/mol. The zero-order chi connectivity index (χ0) is 15.9. The summed E-state index contributed by atoms with van der Waals surface area (Å²) in [5.74, 6) is 1.23. The van der Waals surface area contributed by atoms with Gasteiger partial charge >= 0.3 is 0 Å². The topological polar surface area (TPSA) is 61.2 Å². The van der Waals surface area contributed by atoms with Gasteiger partial charge in [0.15, 0.2) is 0 Å². The minimum atomic E-state index is -0.00763. The van der Waals surface area contributed by atoms with Crippen molar-refractivity contribution in [1.82, 2.24) is 5.06 Å². The van der Waals surface area contributed by atoms with E-state index in [1.54, 1.807) is 0 Å². The van der Waals surface area contributed by atoms with E-state index in [0.717, 1.165) is 32.2 Å². The van der Waals surface area contributed by atoms with E-state index in [4.69, 9.17) is 10.4 Å². The van der Waals surface area contributed by atoms with E-state index in [0.29, 0.717) is 18.4 Å². The summed E-state index contributed by atoms with van der Waals surface area (Å²) in [7, 11) is 0. The largest absolute Gasteiger partial charge is 0.295 e. The van der Waals surface area contributed by atoms with Gasteiger partial charge < -0.3 is 0 Å². The molecule has 0 aromatic carbocycles. The molecule has 0 N–H and O–H groups in total. The fourth-order valence-corrected chi connectivity index (χ4v) is 3.23. The van der Waals surface area contributed by atoms with E-state index in [2.05, 4.69) is 49.4 Å². The molecule has 5 nitrogen and oxygen atoms in total. The lowest BCUT2D eigenvalue weighted by molar-refractivity contribution is -0.190. The monoisotopic (exact) mass is 294 g/mol. The summed E-state index contributed by atoms with van der Waals surface area (Å²) >= 11 is 0. The molecule has 1 saturated heterocycles. The SMILES string of the molecule is C=CCC1(CC(C)C)CC(CN=[N+]=[N-])ON1CCC(C)C. The van der Waals surface area contributed by atoms with E-state index < -0.39 is 0 Å². The molecular weight excluding hydrogens is 264 g/mol.